The maximum absolute atomic E-state index is 13.2. The minimum Gasteiger partial charge on any atom is -0.369 e. The Labute approximate surface area is 142 Å². The molecule has 0 unspecified atom stereocenters. The summed E-state index contributed by atoms with van der Waals surface area (Å²) in [5, 5.41) is 5.49. The molecule has 0 atom stereocenters. The number of halogens is 2. The van der Waals surface area contributed by atoms with Crippen molar-refractivity contribution in [3.05, 3.63) is 45.0 Å². The lowest BCUT2D eigenvalue weighted by atomic mass is 10.2. The first-order chi connectivity index (χ1) is 10.9. The highest BCUT2D eigenvalue weighted by atomic mass is 35.5. The van der Waals surface area contributed by atoms with Gasteiger partial charge in [-0.2, -0.15) is 0 Å². The number of benzene rings is 1. The monoisotopic (exact) mass is 369 g/mol. The van der Waals surface area contributed by atoms with E-state index in [4.69, 9.17) is 17.3 Å². The summed E-state index contributed by atoms with van der Waals surface area (Å²) < 4.78 is 13.8. The first kappa shape index (κ1) is 15.9. The van der Waals surface area contributed by atoms with E-state index in [1.165, 1.54) is 29.5 Å². The Kier molecular flexibility index (Phi) is 4.29. The average molecular weight is 370 g/mol. The third kappa shape index (κ3) is 3.34. The lowest BCUT2D eigenvalue weighted by molar-refractivity contribution is -0.117. The molecule has 0 radical (unpaired) electrons. The Bertz CT molecular complexity index is 922. The molecule has 2 amide bonds. The Hall–Kier alpha value is -2.03. The number of carbonyl (C=O) groups excluding carboxylic acids is 2. The zero-order valence-electron chi connectivity index (χ0n) is 11.4. The van der Waals surface area contributed by atoms with Crippen LogP contribution in [0.15, 0.2) is 23.6 Å². The van der Waals surface area contributed by atoms with Gasteiger partial charge in [-0.05, 0) is 18.2 Å². The number of hydrogen-bond acceptors (Lipinski definition) is 5. The second kappa shape index (κ2) is 6.23. The van der Waals surface area contributed by atoms with Crippen LogP contribution < -0.4 is 11.1 Å². The van der Waals surface area contributed by atoms with E-state index in [2.05, 4.69) is 10.3 Å². The molecule has 0 saturated heterocycles. The number of carbonyl (C=O) groups is 2. The summed E-state index contributed by atoms with van der Waals surface area (Å²) in [6.45, 7) is 0. The van der Waals surface area contributed by atoms with Gasteiger partial charge in [-0.25, -0.2) is 9.37 Å². The third-order valence-corrected chi connectivity index (χ3v) is 5.39. The van der Waals surface area contributed by atoms with E-state index in [-0.39, 0.29) is 16.3 Å². The summed E-state index contributed by atoms with van der Waals surface area (Å²) in [7, 11) is 0. The lowest BCUT2D eigenvalue weighted by Gasteiger charge is -1.99. The number of nitrogens with one attached hydrogen (secondary N) is 1. The first-order valence-corrected chi connectivity index (χ1v) is 8.43. The molecule has 0 fully saturated rings. The molecule has 0 bridgehead atoms. The normalized spacial score (nSPS) is 10.9. The van der Waals surface area contributed by atoms with Gasteiger partial charge in [-0.3, -0.25) is 14.9 Å². The number of amides is 2. The average Bonchev–Trinajstić information content (AvgIpc) is 3.03. The molecular weight excluding hydrogens is 361 g/mol. The van der Waals surface area contributed by atoms with Gasteiger partial charge in [0, 0.05) is 15.5 Å². The fraction of sp³-hybridized carbons (Fsp3) is 0.0714. The molecule has 9 heteroatoms. The quantitative estimate of drug-likeness (QED) is 0.738. The number of rotatable bonds is 4. The van der Waals surface area contributed by atoms with Crippen molar-refractivity contribution in [2.45, 2.75) is 6.42 Å². The smallest absolute Gasteiger partial charge is 0.269 e. The summed E-state index contributed by atoms with van der Waals surface area (Å²) in [6, 6.07) is 4.16. The van der Waals surface area contributed by atoms with E-state index in [1.54, 1.807) is 5.38 Å². The van der Waals surface area contributed by atoms with Crippen LogP contribution in [0.3, 0.4) is 0 Å². The molecule has 1 aromatic carbocycles. The van der Waals surface area contributed by atoms with Crippen molar-refractivity contribution < 1.29 is 14.0 Å². The van der Waals surface area contributed by atoms with Crippen molar-refractivity contribution in [2.24, 2.45) is 5.73 Å². The predicted octanol–water partition coefficient (Wildman–Crippen LogP) is 3.43. The van der Waals surface area contributed by atoms with E-state index >= 15 is 0 Å². The number of anilines is 1. The molecule has 0 spiro atoms. The maximum Gasteiger partial charge on any atom is 0.269 e. The van der Waals surface area contributed by atoms with Crippen LogP contribution in [0.1, 0.15) is 15.4 Å². The van der Waals surface area contributed by atoms with Gasteiger partial charge in [-0.15, -0.1) is 22.7 Å². The minimum atomic E-state index is -0.497. The van der Waals surface area contributed by atoms with Crippen LogP contribution in [0.4, 0.5) is 9.52 Å². The molecule has 2 aromatic heterocycles. The zero-order chi connectivity index (χ0) is 16.6. The van der Waals surface area contributed by atoms with Crippen LogP contribution in [0.25, 0.3) is 10.1 Å². The van der Waals surface area contributed by atoms with Crippen LogP contribution in [-0.4, -0.2) is 16.8 Å². The SMILES string of the molecule is NC(=O)Cc1csc(NC(=O)c2sc3cc(F)ccc3c2Cl)n1. The Morgan fingerprint density at radius 1 is 1.39 bits per heavy atom. The standard InChI is InChI=1S/C14H9ClFN3O2S2/c15-11-8-2-1-6(16)3-9(8)23-12(11)13(21)19-14-18-7(5-22-14)4-10(17)20/h1-3,5H,4H2,(H2,17,20)(H,18,19,21). The molecule has 118 valence electrons. The van der Waals surface area contributed by atoms with Gasteiger partial charge in [0.2, 0.25) is 5.91 Å². The highest BCUT2D eigenvalue weighted by Crippen LogP contribution is 2.36. The van der Waals surface area contributed by atoms with Gasteiger partial charge in [0.15, 0.2) is 5.13 Å². The highest BCUT2D eigenvalue weighted by Gasteiger charge is 2.18. The van der Waals surface area contributed by atoms with Gasteiger partial charge in [0.25, 0.3) is 5.91 Å². The van der Waals surface area contributed by atoms with Crippen LogP contribution in [0, 0.1) is 5.82 Å². The van der Waals surface area contributed by atoms with Crippen molar-refractivity contribution in [1.82, 2.24) is 4.98 Å². The molecule has 3 N–H and O–H groups in total. The van der Waals surface area contributed by atoms with E-state index in [9.17, 15) is 14.0 Å². The first-order valence-electron chi connectivity index (χ1n) is 6.35. The number of thiophene rings is 1. The minimum absolute atomic E-state index is 0.00922. The Morgan fingerprint density at radius 3 is 2.91 bits per heavy atom. The van der Waals surface area contributed by atoms with E-state index in [0.29, 0.717) is 20.9 Å². The number of primary amides is 1. The maximum atomic E-state index is 13.2. The predicted molar refractivity (Wildman–Crippen MR) is 89.8 cm³/mol. The molecule has 2 heterocycles. The number of fused-ring (bicyclic) bond motifs is 1. The summed E-state index contributed by atoms with van der Waals surface area (Å²) in [5.74, 6) is -1.32. The highest BCUT2D eigenvalue weighted by molar-refractivity contribution is 7.21. The molecule has 3 aromatic rings. The van der Waals surface area contributed by atoms with Crippen LogP contribution in [0.2, 0.25) is 5.02 Å². The summed E-state index contributed by atoms with van der Waals surface area (Å²) in [4.78, 5) is 27.5. The number of hydrogen-bond donors (Lipinski definition) is 2. The van der Waals surface area contributed by atoms with Crippen LogP contribution in [0.5, 0.6) is 0 Å². The van der Waals surface area contributed by atoms with Crippen LogP contribution >= 0.6 is 34.3 Å². The number of nitrogens with zero attached hydrogens (tertiary/aromatic N) is 1. The summed E-state index contributed by atoms with van der Waals surface area (Å²) in [5.41, 5.74) is 5.58. The number of thiazole rings is 1. The van der Waals surface area contributed by atoms with Gasteiger partial charge < -0.3 is 5.73 Å². The molecule has 0 aliphatic carbocycles. The molecule has 0 aliphatic rings. The second-order valence-electron chi connectivity index (χ2n) is 4.63. The van der Waals surface area contributed by atoms with Crippen molar-refractivity contribution in [1.29, 1.82) is 0 Å². The lowest BCUT2D eigenvalue weighted by Crippen LogP contribution is -2.14. The fourth-order valence-electron chi connectivity index (χ4n) is 1.96. The van der Waals surface area contributed by atoms with Gasteiger partial charge >= 0.3 is 0 Å². The second-order valence-corrected chi connectivity index (χ2v) is 6.92. The molecule has 0 saturated carbocycles. The number of nitrogens with two attached hydrogens (primary N) is 1. The Morgan fingerprint density at radius 2 is 2.17 bits per heavy atom. The topological polar surface area (TPSA) is 85.1 Å². The van der Waals surface area contributed by atoms with Crippen molar-refractivity contribution in [3.63, 3.8) is 0 Å². The number of aromatic nitrogens is 1. The van der Waals surface area contributed by atoms with Crippen LogP contribution in [-0.2, 0) is 11.2 Å². The van der Waals surface area contributed by atoms with Crippen molar-refractivity contribution in [2.75, 3.05) is 5.32 Å². The van der Waals surface area contributed by atoms with Gasteiger partial charge in [-0.1, -0.05) is 11.6 Å². The molecule has 23 heavy (non-hydrogen) atoms. The van der Waals surface area contributed by atoms with E-state index < -0.39 is 17.6 Å². The molecule has 0 aliphatic heterocycles. The summed E-state index contributed by atoms with van der Waals surface area (Å²) in [6.07, 6.45) is 0.00922. The summed E-state index contributed by atoms with van der Waals surface area (Å²) >= 11 is 8.48. The third-order valence-electron chi connectivity index (χ3n) is 2.93. The largest absolute Gasteiger partial charge is 0.369 e. The van der Waals surface area contributed by atoms with Gasteiger partial charge in [0.1, 0.15) is 10.7 Å². The molecular formula is C14H9ClFN3O2S2. The molecule has 5 nitrogen and oxygen atoms in total. The Balaban J connectivity index is 1.84. The van der Waals surface area contributed by atoms with Gasteiger partial charge in [0.05, 0.1) is 17.1 Å². The molecule has 3 rings (SSSR count). The van der Waals surface area contributed by atoms with Crippen molar-refractivity contribution >= 4 is 61.3 Å². The van der Waals surface area contributed by atoms with E-state index in [1.807, 2.05) is 0 Å². The van der Waals surface area contributed by atoms with Crippen molar-refractivity contribution in [3.8, 4) is 0 Å². The van der Waals surface area contributed by atoms with E-state index in [0.717, 1.165) is 11.3 Å². The zero-order valence-corrected chi connectivity index (χ0v) is 13.8. The fourth-order valence-corrected chi connectivity index (χ4v) is 4.11.